The molecule has 1 N–H and O–H groups in total. The van der Waals surface area contributed by atoms with Gasteiger partial charge in [0.1, 0.15) is 5.75 Å². The van der Waals surface area contributed by atoms with E-state index in [0.29, 0.717) is 11.3 Å². The van der Waals surface area contributed by atoms with Crippen molar-refractivity contribution >= 4 is 17.9 Å². The molecule has 0 aliphatic carbocycles. The summed E-state index contributed by atoms with van der Waals surface area (Å²) in [5.74, 6) is 0.452. The van der Waals surface area contributed by atoms with Gasteiger partial charge in [0.2, 0.25) is 5.91 Å². The summed E-state index contributed by atoms with van der Waals surface area (Å²) in [5, 5.41) is 2.74. The standard InChI is InChI=1S/C24H26N3O2S.K/c1-3-27(4-2)30-23-16-14-22(15-17-23)29-26-18-25-24(28)21-12-10-20(11-13-21)19-8-6-5-7-9-19;/h5-17H,3-4,18H2,1-2H3,(H,25,28);/q-1;+1. The maximum atomic E-state index is 12.3. The van der Waals surface area contributed by atoms with Crippen molar-refractivity contribution in [2.24, 2.45) is 0 Å². The molecule has 0 aliphatic rings. The van der Waals surface area contributed by atoms with Gasteiger partial charge >= 0.3 is 51.4 Å². The molecular formula is C24H26KN3O2S. The summed E-state index contributed by atoms with van der Waals surface area (Å²) in [5.41, 5.74) is 6.72. The molecule has 7 heteroatoms. The van der Waals surface area contributed by atoms with E-state index < -0.39 is 0 Å². The zero-order chi connectivity index (χ0) is 21.2. The van der Waals surface area contributed by atoms with E-state index in [9.17, 15) is 4.79 Å². The van der Waals surface area contributed by atoms with E-state index in [0.717, 1.165) is 29.1 Å². The summed E-state index contributed by atoms with van der Waals surface area (Å²) >= 11 is 1.72. The minimum absolute atomic E-state index is 0. The number of benzene rings is 3. The fourth-order valence-electron chi connectivity index (χ4n) is 2.82. The Morgan fingerprint density at radius 2 is 1.52 bits per heavy atom. The number of hydrogen-bond donors (Lipinski definition) is 1. The Bertz CT molecular complexity index is 918. The van der Waals surface area contributed by atoms with Crippen molar-refractivity contribution in [2.75, 3.05) is 19.8 Å². The molecule has 3 aromatic carbocycles. The van der Waals surface area contributed by atoms with Gasteiger partial charge in [0, 0.05) is 23.5 Å². The maximum Gasteiger partial charge on any atom is 1.00 e. The number of hydrogen-bond acceptors (Lipinski definition) is 4. The Hall–Kier alpha value is -1.16. The normalized spacial score (nSPS) is 10.4. The summed E-state index contributed by atoms with van der Waals surface area (Å²) in [6, 6.07) is 25.3. The Labute approximate surface area is 231 Å². The molecule has 0 unspecified atom stereocenters. The average molecular weight is 460 g/mol. The molecule has 5 nitrogen and oxygen atoms in total. The molecule has 0 atom stereocenters. The Morgan fingerprint density at radius 3 is 2.13 bits per heavy atom. The van der Waals surface area contributed by atoms with Gasteiger partial charge in [-0.15, -0.1) is 0 Å². The molecule has 0 fully saturated rings. The summed E-state index contributed by atoms with van der Waals surface area (Å²) in [6.45, 7) is 6.33. The molecule has 0 heterocycles. The number of nitrogens with zero attached hydrogens (tertiary/aromatic N) is 2. The zero-order valence-corrected chi connectivity index (χ0v) is 22.2. The van der Waals surface area contributed by atoms with E-state index in [2.05, 4.69) is 28.9 Å². The number of rotatable bonds is 10. The van der Waals surface area contributed by atoms with Gasteiger partial charge in [-0.25, -0.2) is 4.31 Å². The van der Waals surface area contributed by atoms with Crippen LogP contribution in [-0.2, 0) is 0 Å². The molecule has 0 saturated carbocycles. The first kappa shape index (κ1) is 26.1. The third-order valence-electron chi connectivity index (χ3n) is 4.49. The molecule has 1 amide bonds. The molecule has 0 bridgehead atoms. The van der Waals surface area contributed by atoms with Crippen LogP contribution in [0.25, 0.3) is 16.6 Å². The SMILES string of the molecule is CCN(CC)Sc1ccc(O[N-]CNC(=O)c2ccc(-c3ccccc3)cc2)cc1.[K+]. The van der Waals surface area contributed by atoms with E-state index in [1.807, 2.05) is 78.9 Å². The minimum Gasteiger partial charge on any atom is -0.586 e. The van der Waals surface area contributed by atoms with Gasteiger partial charge in [0.15, 0.2) is 0 Å². The predicted molar refractivity (Wildman–Crippen MR) is 123 cm³/mol. The van der Waals surface area contributed by atoms with Crippen LogP contribution in [0.5, 0.6) is 5.75 Å². The van der Waals surface area contributed by atoms with Gasteiger partial charge in [0.25, 0.3) is 0 Å². The van der Waals surface area contributed by atoms with Crippen molar-refractivity contribution in [1.29, 1.82) is 0 Å². The first-order valence-electron chi connectivity index (χ1n) is 10.00. The Morgan fingerprint density at radius 1 is 0.903 bits per heavy atom. The van der Waals surface area contributed by atoms with E-state index in [4.69, 9.17) is 4.84 Å². The van der Waals surface area contributed by atoms with Crippen LogP contribution in [0, 0.1) is 0 Å². The van der Waals surface area contributed by atoms with E-state index >= 15 is 0 Å². The first-order chi connectivity index (χ1) is 14.7. The molecule has 3 aromatic rings. The summed E-state index contributed by atoms with van der Waals surface area (Å²) in [6.07, 6.45) is 0. The molecule has 3 rings (SSSR count). The van der Waals surface area contributed by atoms with Crippen LogP contribution in [0.1, 0.15) is 24.2 Å². The number of hydroxylamine groups is 1. The Kier molecular flexibility index (Phi) is 11.9. The molecule has 0 radical (unpaired) electrons. The second kappa shape index (κ2) is 14.1. The molecule has 156 valence electrons. The molecule has 31 heavy (non-hydrogen) atoms. The molecule has 0 aliphatic heterocycles. The van der Waals surface area contributed by atoms with E-state index in [-0.39, 0.29) is 64.0 Å². The third kappa shape index (κ3) is 8.36. The molecular weight excluding hydrogens is 433 g/mol. The average Bonchev–Trinajstić information content (AvgIpc) is 2.81. The summed E-state index contributed by atoms with van der Waals surface area (Å²) in [7, 11) is 0. The van der Waals surface area contributed by atoms with Crippen molar-refractivity contribution in [3.8, 4) is 16.9 Å². The van der Waals surface area contributed by atoms with E-state index in [1.165, 1.54) is 0 Å². The number of carbonyl (C=O) groups is 1. The van der Waals surface area contributed by atoms with Crippen LogP contribution < -0.4 is 61.5 Å². The van der Waals surface area contributed by atoms with Crippen LogP contribution in [0.15, 0.2) is 83.8 Å². The van der Waals surface area contributed by atoms with Crippen molar-refractivity contribution in [3.63, 3.8) is 0 Å². The van der Waals surface area contributed by atoms with Gasteiger partial charge in [-0.3, -0.25) is 4.79 Å². The van der Waals surface area contributed by atoms with Gasteiger partial charge in [-0.2, -0.15) is 0 Å². The van der Waals surface area contributed by atoms with Gasteiger partial charge in [-0.05, 0) is 66.1 Å². The van der Waals surface area contributed by atoms with Crippen molar-refractivity contribution in [1.82, 2.24) is 9.62 Å². The fraction of sp³-hybridized carbons (Fsp3) is 0.208. The van der Waals surface area contributed by atoms with Crippen LogP contribution in [-0.4, -0.2) is 30.0 Å². The van der Waals surface area contributed by atoms with Crippen molar-refractivity contribution in [2.45, 2.75) is 18.7 Å². The fourth-order valence-corrected chi connectivity index (χ4v) is 3.63. The number of amides is 1. The van der Waals surface area contributed by atoms with Crippen LogP contribution in [0.2, 0.25) is 0 Å². The number of nitrogens with one attached hydrogen (secondary N) is 1. The topological polar surface area (TPSA) is 55.7 Å². The van der Waals surface area contributed by atoms with Crippen molar-refractivity contribution < 1.29 is 61.0 Å². The van der Waals surface area contributed by atoms with Crippen LogP contribution in [0.3, 0.4) is 0 Å². The maximum absolute atomic E-state index is 12.3. The largest absolute Gasteiger partial charge is 1.00 e. The summed E-state index contributed by atoms with van der Waals surface area (Å²) < 4.78 is 2.27. The van der Waals surface area contributed by atoms with Gasteiger partial charge in [0.05, 0.1) is 0 Å². The minimum atomic E-state index is -0.187. The Balaban J connectivity index is 0.00000341. The summed E-state index contributed by atoms with van der Waals surface area (Å²) in [4.78, 5) is 18.8. The zero-order valence-electron chi connectivity index (χ0n) is 18.2. The van der Waals surface area contributed by atoms with Gasteiger partial charge in [-0.1, -0.05) is 56.3 Å². The first-order valence-corrected chi connectivity index (χ1v) is 10.8. The quantitative estimate of drug-likeness (QED) is 0.219. The predicted octanol–water partition coefficient (Wildman–Crippen LogP) is 2.76. The smallest absolute Gasteiger partial charge is 0.586 e. The van der Waals surface area contributed by atoms with Crippen molar-refractivity contribution in [3.05, 3.63) is 89.9 Å². The monoisotopic (exact) mass is 459 g/mol. The third-order valence-corrected chi connectivity index (χ3v) is 5.75. The van der Waals surface area contributed by atoms with Crippen LogP contribution >= 0.6 is 11.9 Å². The molecule has 0 spiro atoms. The van der Waals surface area contributed by atoms with Crippen LogP contribution in [0.4, 0.5) is 0 Å². The number of carbonyl (C=O) groups excluding carboxylic acids is 1. The van der Waals surface area contributed by atoms with Gasteiger partial charge < -0.3 is 15.6 Å². The molecule has 0 aromatic heterocycles. The molecule has 0 saturated heterocycles. The van der Waals surface area contributed by atoms with E-state index in [1.54, 1.807) is 11.9 Å². The second-order valence-corrected chi connectivity index (χ2v) is 7.68. The second-order valence-electron chi connectivity index (χ2n) is 6.50.